The predicted octanol–water partition coefficient (Wildman–Crippen LogP) is 1.58. The van der Waals surface area contributed by atoms with Crippen molar-refractivity contribution >= 4 is 12.0 Å². The van der Waals surface area contributed by atoms with E-state index < -0.39 is 0 Å². The van der Waals surface area contributed by atoms with Crippen LogP contribution in [0.5, 0.6) is 0 Å². The van der Waals surface area contributed by atoms with Crippen LogP contribution in [0.15, 0.2) is 22.6 Å². The second kappa shape index (κ2) is 5.19. The molecule has 0 bridgehead atoms. The van der Waals surface area contributed by atoms with Gasteiger partial charge in [-0.15, -0.1) is 0 Å². The molecule has 0 saturated carbocycles. The topological polar surface area (TPSA) is 53.7 Å². The molecule has 1 saturated heterocycles. The van der Waals surface area contributed by atoms with E-state index in [-0.39, 0.29) is 18.6 Å². The summed E-state index contributed by atoms with van der Waals surface area (Å²) in [6.07, 6.45) is 5.02. The van der Waals surface area contributed by atoms with Crippen LogP contribution in [0.4, 0.5) is 0 Å². The van der Waals surface area contributed by atoms with Gasteiger partial charge < -0.3 is 14.4 Å². The number of carbonyl (C=O) groups excluding carboxylic acids is 1. The van der Waals surface area contributed by atoms with E-state index in [1.54, 1.807) is 11.0 Å². The molecule has 1 aliphatic heterocycles. The lowest BCUT2D eigenvalue weighted by Gasteiger charge is -2.21. The average molecular weight is 235 g/mol. The maximum absolute atomic E-state index is 11.9. The summed E-state index contributed by atoms with van der Waals surface area (Å²) in [6, 6.07) is 3.66. The van der Waals surface area contributed by atoms with Crippen LogP contribution in [0.2, 0.25) is 0 Å². The third-order valence-corrected chi connectivity index (χ3v) is 3.02. The third kappa shape index (κ3) is 2.77. The largest absolute Gasteiger partial charge is 0.462 e. The van der Waals surface area contributed by atoms with Gasteiger partial charge in [-0.1, -0.05) is 0 Å². The summed E-state index contributed by atoms with van der Waals surface area (Å²) in [7, 11) is 0. The van der Waals surface area contributed by atoms with Crippen LogP contribution in [0.3, 0.4) is 0 Å². The number of likely N-dealkylation sites (tertiary alicyclic amines) is 1. The summed E-state index contributed by atoms with van der Waals surface area (Å²) < 4.78 is 5.34. The van der Waals surface area contributed by atoms with E-state index in [2.05, 4.69) is 0 Å². The fourth-order valence-electron chi connectivity index (χ4n) is 2.11. The molecule has 0 radical (unpaired) electrons. The van der Waals surface area contributed by atoms with Gasteiger partial charge in [-0.3, -0.25) is 4.79 Å². The van der Waals surface area contributed by atoms with Crippen LogP contribution in [0.25, 0.3) is 6.08 Å². The third-order valence-electron chi connectivity index (χ3n) is 3.02. The molecule has 1 N–H and O–H groups in total. The highest BCUT2D eigenvalue weighted by Gasteiger charge is 2.26. The molecule has 17 heavy (non-hydrogen) atoms. The van der Waals surface area contributed by atoms with Gasteiger partial charge in [0.05, 0.1) is 12.6 Å². The van der Waals surface area contributed by atoms with Gasteiger partial charge in [0.25, 0.3) is 0 Å². The van der Waals surface area contributed by atoms with E-state index in [0.29, 0.717) is 5.76 Å². The molecule has 1 aromatic heterocycles. The van der Waals surface area contributed by atoms with Crippen LogP contribution in [-0.4, -0.2) is 35.1 Å². The first kappa shape index (κ1) is 11.9. The number of hydrogen-bond acceptors (Lipinski definition) is 3. The van der Waals surface area contributed by atoms with Gasteiger partial charge in [-0.05, 0) is 38.0 Å². The lowest BCUT2D eigenvalue weighted by Crippen LogP contribution is -2.36. The molecule has 1 atom stereocenters. The Morgan fingerprint density at radius 2 is 2.47 bits per heavy atom. The van der Waals surface area contributed by atoms with Crippen molar-refractivity contribution in [2.75, 3.05) is 13.2 Å². The summed E-state index contributed by atoms with van der Waals surface area (Å²) in [4.78, 5) is 13.6. The Morgan fingerprint density at radius 3 is 3.12 bits per heavy atom. The SMILES string of the molecule is Cc1ccc(C=CC(=O)N2CCC[C@H]2CO)o1. The standard InChI is InChI=1S/C13H17NO3/c1-10-4-5-12(17-10)6-7-13(16)14-8-2-3-11(14)9-15/h4-7,11,15H,2-3,8-9H2,1H3/t11-/m0/s1. The van der Waals surface area contributed by atoms with Crippen LogP contribution in [0, 0.1) is 6.92 Å². The Labute approximate surface area is 101 Å². The Balaban J connectivity index is 1.99. The average Bonchev–Trinajstić information content (AvgIpc) is 2.94. The minimum absolute atomic E-state index is 0.0227. The number of carbonyl (C=O) groups is 1. The fourth-order valence-corrected chi connectivity index (χ4v) is 2.11. The monoisotopic (exact) mass is 235 g/mol. The fraction of sp³-hybridized carbons (Fsp3) is 0.462. The maximum Gasteiger partial charge on any atom is 0.247 e. The van der Waals surface area contributed by atoms with Crippen LogP contribution < -0.4 is 0 Å². The number of hydrogen-bond donors (Lipinski definition) is 1. The minimum Gasteiger partial charge on any atom is -0.462 e. The van der Waals surface area contributed by atoms with Crippen molar-refractivity contribution in [2.24, 2.45) is 0 Å². The highest BCUT2D eigenvalue weighted by molar-refractivity contribution is 5.91. The number of amides is 1. The van der Waals surface area contributed by atoms with Crippen LogP contribution in [-0.2, 0) is 4.79 Å². The number of furan rings is 1. The van der Waals surface area contributed by atoms with Crippen molar-refractivity contribution in [1.82, 2.24) is 4.90 Å². The minimum atomic E-state index is -0.0596. The molecule has 4 nitrogen and oxygen atoms in total. The molecular weight excluding hydrogens is 218 g/mol. The molecule has 0 aliphatic carbocycles. The maximum atomic E-state index is 11.9. The first-order valence-electron chi connectivity index (χ1n) is 5.86. The van der Waals surface area contributed by atoms with E-state index in [4.69, 9.17) is 9.52 Å². The van der Waals surface area contributed by atoms with Crippen LogP contribution in [0.1, 0.15) is 24.4 Å². The van der Waals surface area contributed by atoms with Crippen molar-refractivity contribution in [3.05, 3.63) is 29.7 Å². The van der Waals surface area contributed by atoms with Crippen molar-refractivity contribution in [1.29, 1.82) is 0 Å². The van der Waals surface area contributed by atoms with E-state index in [1.165, 1.54) is 6.08 Å². The van der Waals surface area contributed by atoms with Gasteiger partial charge in [0.1, 0.15) is 11.5 Å². The summed E-state index contributed by atoms with van der Waals surface area (Å²) in [5, 5.41) is 9.14. The highest BCUT2D eigenvalue weighted by Crippen LogP contribution is 2.17. The number of nitrogens with zero attached hydrogens (tertiary/aromatic N) is 1. The zero-order valence-corrected chi connectivity index (χ0v) is 9.93. The molecule has 1 fully saturated rings. The highest BCUT2D eigenvalue weighted by atomic mass is 16.3. The smallest absolute Gasteiger partial charge is 0.247 e. The van der Waals surface area contributed by atoms with Gasteiger partial charge in [0, 0.05) is 12.6 Å². The molecule has 2 heterocycles. The quantitative estimate of drug-likeness (QED) is 0.809. The Hall–Kier alpha value is -1.55. The van der Waals surface area contributed by atoms with Crippen molar-refractivity contribution in [3.8, 4) is 0 Å². The second-order valence-corrected chi connectivity index (χ2v) is 4.29. The van der Waals surface area contributed by atoms with E-state index in [9.17, 15) is 4.79 Å². The lowest BCUT2D eigenvalue weighted by molar-refractivity contribution is -0.127. The first-order valence-corrected chi connectivity index (χ1v) is 5.86. The molecule has 2 rings (SSSR count). The van der Waals surface area contributed by atoms with Crippen molar-refractivity contribution in [2.45, 2.75) is 25.8 Å². The molecular formula is C13H17NO3. The molecule has 0 spiro atoms. The first-order chi connectivity index (χ1) is 8.20. The van der Waals surface area contributed by atoms with Gasteiger partial charge in [-0.2, -0.15) is 0 Å². The molecule has 1 amide bonds. The zero-order valence-electron chi connectivity index (χ0n) is 9.93. The Morgan fingerprint density at radius 1 is 1.65 bits per heavy atom. The number of aliphatic hydroxyl groups is 1. The molecule has 1 aromatic rings. The van der Waals surface area contributed by atoms with Crippen molar-refractivity contribution in [3.63, 3.8) is 0 Å². The molecule has 1 aliphatic rings. The Kier molecular flexibility index (Phi) is 3.64. The summed E-state index contributed by atoms with van der Waals surface area (Å²) in [5.74, 6) is 1.44. The van der Waals surface area contributed by atoms with Gasteiger partial charge in [0.15, 0.2) is 0 Å². The second-order valence-electron chi connectivity index (χ2n) is 4.29. The van der Waals surface area contributed by atoms with Gasteiger partial charge >= 0.3 is 0 Å². The normalized spacial score (nSPS) is 20.4. The summed E-state index contributed by atoms with van der Waals surface area (Å²) in [6.45, 7) is 2.63. The molecule has 92 valence electrons. The molecule has 0 unspecified atom stereocenters. The number of rotatable bonds is 3. The van der Waals surface area contributed by atoms with Gasteiger partial charge in [-0.25, -0.2) is 0 Å². The predicted molar refractivity (Wildman–Crippen MR) is 64.3 cm³/mol. The van der Waals surface area contributed by atoms with E-state index >= 15 is 0 Å². The molecule has 0 aromatic carbocycles. The lowest BCUT2D eigenvalue weighted by atomic mass is 10.2. The summed E-state index contributed by atoms with van der Waals surface area (Å²) in [5.41, 5.74) is 0. The van der Waals surface area contributed by atoms with Gasteiger partial charge in [0.2, 0.25) is 5.91 Å². The zero-order chi connectivity index (χ0) is 12.3. The Bertz CT molecular complexity index is 422. The number of aliphatic hydroxyl groups excluding tert-OH is 1. The van der Waals surface area contributed by atoms with Crippen LogP contribution >= 0.6 is 0 Å². The summed E-state index contributed by atoms with van der Waals surface area (Å²) >= 11 is 0. The van der Waals surface area contributed by atoms with E-state index in [0.717, 1.165) is 25.1 Å². The molecule has 4 heteroatoms. The van der Waals surface area contributed by atoms with E-state index in [1.807, 2.05) is 19.1 Å². The van der Waals surface area contributed by atoms with Crippen molar-refractivity contribution < 1.29 is 14.3 Å². The number of aryl methyl sites for hydroxylation is 1.